The van der Waals surface area contributed by atoms with Gasteiger partial charge in [0.15, 0.2) is 5.82 Å². The molecule has 0 saturated carbocycles. The molecule has 3 atom stereocenters. The van der Waals surface area contributed by atoms with Crippen LogP contribution in [0.4, 0.5) is 23.4 Å². The van der Waals surface area contributed by atoms with Crippen molar-refractivity contribution in [1.82, 2.24) is 29.5 Å². The van der Waals surface area contributed by atoms with Gasteiger partial charge in [-0.2, -0.15) is 23.8 Å². The lowest BCUT2D eigenvalue weighted by Gasteiger charge is -2.42. The van der Waals surface area contributed by atoms with Gasteiger partial charge in [-0.05, 0) is 74.2 Å². The highest BCUT2D eigenvalue weighted by Gasteiger charge is 2.48. The second kappa shape index (κ2) is 13.6. The SMILES string of the molecule is C#Cc1c(F)ccc2cc(O)cc(-c3c(F)c4nc(OC[C@@]56CCCN5CC(=C(F)F)C6)nc(N5C[C@H]6CC[C@@H](C5)N6CCCOC)c4c4cn(C)nc34)c12. The number of terminal acetylenes is 1. The number of methoxy groups -OCH3 is 1. The van der Waals surface area contributed by atoms with Crippen LogP contribution in [0.3, 0.4) is 0 Å². The first kappa shape index (κ1) is 35.7. The number of rotatable bonds is 9. The van der Waals surface area contributed by atoms with E-state index in [-0.39, 0.29) is 82.1 Å². The van der Waals surface area contributed by atoms with Crippen molar-refractivity contribution in [2.75, 3.05) is 57.9 Å². The van der Waals surface area contributed by atoms with Gasteiger partial charge in [0.1, 0.15) is 35.0 Å². The molecule has 55 heavy (non-hydrogen) atoms. The van der Waals surface area contributed by atoms with Gasteiger partial charge in [-0.15, -0.1) is 6.42 Å². The minimum Gasteiger partial charge on any atom is -0.508 e. The number of hydrogen-bond acceptors (Lipinski definition) is 9. The maximum Gasteiger partial charge on any atom is 0.319 e. The second-order valence-corrected chi connectivity index (χ2v) is 15.4. The Morgan fingerprint density at radius 3 is 2.64 bits per heavy atom. The normalized spacial score (nSPS) is 22.7. The van der Waals surface area contributed by atoms with Gasteiger partial charge >= 0.3 is 6.01 Å². The highest BCUT2D eigenvalue weighted by molar-refractivity contribution is 6.18. The summed E-state index contributed by atoms with van der Waals surface area (Å²) in [5.74, 6) is 1.33. The van der Waals surface area contributed by atoms with Crippen LogP contribution in [0.15, 0.2) is 42.1 Å². The highest BCUT2D eigenvalue weighted by Crippen LogP contribution is 2.47. The van der Waals surface area contributed by atoms with Crippen molar-refractivity contribution in [3.63, 3.8) is 0 Å². The molecule has 2 bridgehead atoms. The summed E-state index contributed by atoms with van der Waals surface area (Å²) in [5, 5.41) is 17.3. The Kier molecular flexibility index (Phi) is 8.86. The van der Waals surface area contributed by atoms with Crippen molar-refractivity contribution in [3.8, 4) is 35.2 Å². The predicted octanol–water partition coefficient (Wildman–Crippen LogP) is 6.76. The number of anilines is 1. The summed E-state index contributed by atoms with van der Waals surface area (Å²) in [6, 6.07) is 5.96. The van der Waals surface area contributed by atoms with Crippen LogP contribution in [0.5, 0.6) is 11.8 Å². The van der Waals surface area contributed by atoms with E-state index in [0.717, 1.165) is 32.2 Å². The van der Waals surface area contributed by atoms with Gasteiger partial charge in [-0.1, -0.05) is 12.0 Å². The van der Waals surface area contributed by atoms with Crippen molar-refractivity contribution in [2.45, 2.75) is 56.1 Å². The first-order valence-electron chi connectivity index (χ1n) is 18.8. The molecule has 1 N–H and O–H groups in total. The molecule has 5 aromatic rings. The first-order chi connectivity index (χ1) is 26.6. The van der Waals surface area contributed by atoms with Crippen molar-refractivity contribution < 1.29 is 32.1 Å². The maximum atomic E-state index is 17.8. The van der Waals surface area contributed by atoms with E-state index in [4.69, 9.17) is 31.0 Å². The summed E-state index contributed by atoms with van der Waals surface area (Å²) in [6.45, 7) is 3.79. The Balaban J connectivity index is 1.24. The van der Waals surface area contributed by atoms with Crippen molar-refractivity contribution in [3.05, 3.63) is 59.3 Å². The number of fused-ring (bicyclic) bond motifs is 7. The smallest absolute Gasteiger partial charge is 0.319 e. The van der Waals surface area contributed by atoms with Gasteiger partial charge in [0.25, 0.3) is 6.08 Å². The number of piperazine rings is 1. The summed E-state index contributed by atoms with van der Waals surface area (Å²) in [6.07, 6.45) is 10.6. The zero-order valence-electron chi connectivity index (χ0n) is 30.7. The number of phenolic OH excluding ortho intramolecular Hbond substituents is 1. The molecule has 4 aliphatic rings. The van der Waals surface area contributed by atoms with Gasteiger partial charge in [0.05, 0.1) is 16.5 Å². The van der Waals surface area contributed by atoms with E-state index in [1.807, 2.05) is 4.90 Å². The summed E-state index contributed by atoms with van der Waals surface area (Å²) in [7, 11) is 3.44. The fourth-order valence-corrected chi connectivity index (χ4v) is 9.80. The Morgan fingerprint density at radius 2 is 1.89 bits per heavy atom. The molecule has 286 valence electrons. The highest BCUT2D eigenvalue weighted by atomic mass is 19.3. The van der Waals surface area contributed by atoms with Crippen LogP contribution in [0.2, 0.25) is 0 Å². The topological polar surface area (TPSA) is 92.0 Å². The standard InChI is InChI=1S/C41H41F4N7O3/c1-4-28-31(42)10-7-23-15-27(53)16-29(32(23)28)33-35(43)37-34(30-21-49(2)48-36(30)33)39(50-19-25-8-9-26(20-50)52(25)13-6-14-54-3)47-40(46-37)55-22-41-11-5-12-51(41)18-24(17-41)38(44)45/h1,7,10,15-16,21,25-26,53H,5-6,8-9,11-14,17-20,22H2,2-3H3/t25-,26+,41-/m0/s1. The molecule has 0 amide bonds. The van der Waals surface area contributed by atoms with E-state index in [2.05, 4.69) is 15.7 Å². The average Bonchev–Trinajstić information content (AvgIpc) is 3.90. The molecule has 0 unspecified atom stereocenters. The van der Waals surface area contributed by atoms with Crippen molar-refractivity contribution >= 4 is 38.4 Å². The fourth-order valence-electron chi connectivity index (χ4n) is 9.80. The molecule has 4 fully saturated rings. The Morgan fingerprint density at radius 1 is 1.09 bits per heavy atom. The lowest BCUT2D eigenvalue weighted by Crippen LogP contribution is -2.54. The van der Waals surface area contributed by atoms with Gasteiger partial charge < -0.3 is 19.5 Å². The van der Waals surface area contributed by atoms with Crippen LogP contribution in [0.25, 0.3) is 43.7 Å². The molecule has 0 aliphatic carbocycles. The molecule has 2 aromatic heterocycles. The van der Waals surface area contributed by atoms with Crippen LogP contribution in [-0.4, -0.2) is 105 Å². The third-order valence-corrected chi connectivity index (χ3v) is 12.2. The molecule has 4 aliphatic heterocycles. The minimum absolute atomic E-state index is 0.00529. The zero-order valence-corrected chi connectivity index (χ0v) is 30.7. The summed E-state index contributed by atoms with van der Waals surface area (Å²) in [5.41, 5.74) is -0.217. The van der Waals surface area contributed by atoms with E-state index < -0.39 is 23.3 Å². The Hall–Kier alpha value is -4.97. The van der Waals surface area contributed by atoms with E-state index in [0.29, 0.717) is 54.6 Å². The third-order valence-electron chi connectivity index (χ3n) is 12.2. The molecule has 0 spiro atoms. The maximum absolute atomic E-state index is 17.8. The number of nitrogens with zero attached hydrogens (tertiary/aromatic N) is 7. The van der Waals surface area contributed by atoms with Crippen LogP contribution < -0.4 is 9.64 Å². The second-order valence-electron chi connectivity index (χ2n) is 15.4. The summed E-state index contributed by atoms with van der Waals surface area (Å²) < 4.78 is 73.9. The summed E-state index contributed by atoms with van der Waals surface area (Å²) in [4.78, 5) is 16.5. The number of halogens is 4. The van der Waals surface area contributed by atoms with Gasteiger partial charge in [0, 0.05) is 87.1 Å². The fraction of sp³-hybridized carbons (Fsp3) is 0.439. The lowest BCUT2D eigenvalue weighted by atomic mass is 9.91. The van der Waals surface area contributed by atoms with Crippen LogP contribution >= 0.6 is 0 Å². The number of hydrogen-bond donors (Lipinski definition) is 1. The molecule has 9 rings (SSSR count). The Bertz CT molecular complexity index is 2430. The van der Waals surface area contributed by atoms with Crippen molar-refractivity contribution in [1.29, 1.82) is 0 Å². The van der Waals surface area contributed by atoms with Crippen molar-refractivity contribution in [2.24, 2.45) is 7.05 Å². The molecule has 10 nitrogen and oxygen atoms in total. The number of aryl methyl sites for hydroxylation is 1. The monoisotopic (exact) mass is 755 g/mol. The van der Waals surface area contributed by atoms with Gasteiger partial charge in [-0.3, -0.25) is 14.5 Å². The predicted molar refractivity (Wildman–Crippen MR) is 201 cm³/mol. The number of aromatic nitrogens is 4. The molecule has 4 saturated heterocycles. The first-order valence-corrected chi connectivity index (χ1v) is 18.8. The van der Waals surface area contributed by atoms with Gasteiger partial charge in [0.2, 0.25) is 0 Å². The number of benzene rings is 3. The number of phenols is 1. The quantitative estimate of drug-likeness (QED) is 0.0996. The number of aromatic hydroxyl groups is 1. The van der Waals surface area contributed by atoms with E-state index >= 15 is 8.78 Å². The molecule has 0 radical (unpaired) electrons. The molecular weight excluding hydrogens is 714 g/mol. The summed E-state index contributed by atoms with van der Waals surface area (Å²) >= 11 is 0. The third kappa shape index (κ3) is 5.86. The molecule has 3 aromatic carbocycles. The van der Waals surface area contributed by atoms with Crippen LogP contribution in [0.1, 0.15) is 44.1 Å². The van der Waals surface area contributed by atoms with E-state index in [1.165, 1.54) is 24.3 Å². The Labute approximate surface area is 315 Å². The average molecular weight is 756 g/mol. The number of ether oxygens (including phenoxy) is 2. The zero-order chi connectivity index (χ0) is 38.2. The minimum atomic E-state index is -1.66. The van der Waals surface area contributed by atoms with E-state index in [9.17, 15) is 13.9 Å². The van der Waals surface area contributed by atoms with Crippen LogP contribution in [-0.2, 0) is 11.8 Å². The van der Waals surface area contributed by atoms with Gasteiger partial charge in [-0.25, -0.2) is 8.78 Å². The van der Waals surface area contributed by atoms with Crippen LogP contribution in [0, 0.1) is 24.0 Å². The molecular formula is C41H41F4N7O3. The van der Waals surface area contributed by atoms with E-state index in [1.54, 1.807) is 25.0 Å². The lowest BCUT2D eigenvalue weighted by molar-refractivity contribution is 0.107. The molecule has 6 heterocycles. The largest absolute Gasteiger partial charge is 0.508 e. The molecule has 14 heteroatoms.